The van der Waals surface area contributed by atoms with Crippen molar-refractivity contribution < 1.29 is 5.11 Å². The second-order valence-electron chi connectivity index (χ2n) is 4.32. The first-order valence-corrected chi connectivity index (χ1v) is 5.07. The predicted octanol–water partition coefficient (Wildman–Crippen LogP) is 2.79. The van der Waals surface area contributed by atoms with E-state index >= 15 is 0 Å². The molecule has 1 aromatic rings. The van der Waals surface area contributed by atoms with Gasteiger partial charge in [-0.05, 0) is 30.9 Å². The third-order valence-electron chi connectivity index (χ3n) is 2.92. The van der Waals surface area contributed by atoms with Gasteiger partial charge in [-0.3, -0.25) is 0 Å². The van der Waals surface area contributed by atoms with Gasteiger partial charge in [0.1, 0.15) is 0 Å². The molecular formula is C13H16O. The Hall–Kier alpha value is -1.08. The molecule has 74 valence electrons. The van der Waals surface area contributed by atoms with Crippen LogP contribution in [0.25, 0.3) is 0 Å². The van der Waals surface area contributed by atoms with E-state index in [1.54, 1.807) is 0 Å². The van der Waals surface area contributed by atoms with E-state index in [0.717, 1.165) is 24.0 Å². The van der Waals surface area contributed by atoms with Gasteiger partial charge in [-0.2, -0.15) is 0 Å². The molecule has 1 N–H and O–H groups in total. The Kier molecular flexibility index (Phi) is 2.20. The molecule has 0 unspecified atom stereocenters. The first-order chi connectivity index (χ1) is 6.62. The van der Waals surface area contributed by atoms with Crippen molar-refractivity contribution in [3.05, 3.63) is 47.5 Å². The molecule has 1 nitrogen and oxygen atoms in total. The van der Waals surface area contributed by atoms with Crippen LogP contribution in [0.2, 0.25) is 0 Å². The lowest BCUT2D eigenvalue weighted by Crippen LogP contribution is -2.22. The molecule has 0 heterocycles. The van der Waals surface area contributed by atoms with E-state index in [2.05, 4.69) is 12.6 Å². The van der Waals surface area contributed by atoms with Gasteiger partial charge in [0.15, 0.2) is 0 Å². The first kappa shape index (κ1) is 9.47. The molecule has 0 spiro atoms. The topological polar surface area (TPSA) is 20.2 Å². The number of fused-ring (bicyclic) bond motifs is 1. The minimum Gasteiger partial charge on any atom is -0.385 e. The fourth-order valence-corrected chi connectivity index (χ4v) is 2.35. The van der Waals surface area contributed by atoms with E-state index in [1.807, 2.05) is 25.1 Å². The van der Waals surface area contributed by atoms with Crippen LogP contribution < -0.4 is 0 Å². The Morgan fingerprint density at radius 2 is 2.21 bits per heavy atom. The Morgan fingerprint density at radius 1 is 1.50 bits per heavy atom. The van der Waals surface area contributed by atoms with Gasteiger partial charge in [-0.1, -0.05) is 29.8 Å². The SMILES string of the molecule is C=C(C)C[C@]1(O)CCc2ccccc21. The highest BCUT2D eigenvalue weighted by Crippen LogP contribution is 2.40. The van der Waals surface area contributed by atoms with Crippen molar-refractivity contribution in [3.8, 4) is 0 Å². The van der Waals surface area contributed by atoms with Gasteiger partial charge >= 0.3 is 0 Å². The highest BCUT2D eigenvalue weighted by atomic mass is 16.3. The molecule has 1 atom stereocenters. The first-order valence-electron chi connectivity index (χ1n) is 5.07. The number of hydrogen-bond acceptors (Lipinski definition) is 1. The average molecular weight is 188 g/mol. The number of aliphatic hydroxyl groups is 1. The Morgan fingerprint density at radius 3 is 2.93 bits per heavy atom. The Bertz CT molecular complexity index is 367. The molecule has 1 aliphatic rings. The van der Waals surface area contributed by atoms with Crippen LogP contribution in [0.5, 0.6) is 0 Å². The van der Waals surface area contributed by atoms with E-state index in [1.165, 1.54) is 5.56 Å². The maximum absolute atomic E-state index is 10.5. The van der Waals surface area contributed by atoms with Crippen molar-refractivity contribution in [1.29, 1.82) is 0 Å². The van der Waals surface area contributed by atoms with Crippen LogP contribution in [0, 0.1) is 0 Å². The summed E-state index contributed by atoms with van der Waals surface area (Å²) in [6.45, 7) is 5.85. The van der Waals surface area contributed by atoms with Crippen LogP contribution in [0.4, 0.5) is 0 Å². The van der Waals surface area contributed by atoms with Gasteiger partial charge in [0.05, 0.1) is 5.60 Å². The van der Waals surface area contributed by atoms with E-state index in [4.69, 9.17) is 0 Å². The summed E-state index contributed by atoms with van der Waals surface area (Å²) >= 11 is 0. The third kappa shape index (κ3) is 1.48. The lowest BCUT2D eigenvalue weighted by atomic mass is 9.90. The minimum absolute atomic E-state index is 0.650. The summed E-state index contributed by atoms with van der Waals surface area (Å²) in [5, 5.41) is 10.5. The molecule has 0 saturated heterocycles. The predicted molar refractivity (Wildman–Crippen MR) is 58.1 cm³/mol. The number of benzene rings is 1. The number of rotatable bonds is 2. The molecule has 0 radical (unpaired) electrons. The lowest BCUT2D eigenvalue weighted by Gasteiger charge is -2.24. The van der Waals surface area contributed by atoms with Crippen LogP contribution in [-0.4, -0.2) is 5.11 Å². The van der Waals surface area contributed by atoms with Crippen molar-refractivity contribution in [2.75, 3.05) is 0 Å². The standard InChI is InChI=1S/C13H16O/c1-10(2)9-13(14)8-7-11-5-3-4-6-12(11)13/h3-6,14H,1,7-9H2,2H3/t13-/m1/s1. The molecular weight excluding hydrogens is 172 g/mol. The molecule has 0 saturated carbocycles. The smallest absolute Gasteiger partial charge is 0.0939 e. The Balaban J connectivity index is 2.37. The van der Waals surface area contributed by atoms with Gasteiger partial charge in [0.25, 0.3) is 0 Å². The fraction of sp³-hybridized carbons (Fsp3) is 0.385. The van der Waals surface area contributed by atoms with Crippen molar-refractivity contribution in [3.63, 3.8) is 0 Å². The van der Waals surface area contributed by atoms with Gasteiger partial charge < -0.3 is 5.11 Å². The van der Waals surface area contributed by atoms with Crippen LogP contribution >= 0.6 is 0 Å². The van der Waals surface area contributed by atoms with Gasteiger partial charge in [-0.25, -0.2) is 0 Å². The molecule has 0 bridgehead atoms. The molecule has 1 heteroatoms. The molecule has 0 aliphatic heterocycles. The summed E-state index contributed by atoms with van der Waals surface area (Å²) in [4.78, 5) is 0. The van der Waals surface area contributed by atoms with E-state index < -0.39 is 5.60 Å². The normalized spacial score (nSPS) is 24.7. The van der Waals surface area contributed by atoms with Crippen LogP contribution in [0.15, 0.2) is 36.4 Å². The van der Waals surface area contributed by atoms with Gasteiger partial charge in [0, 0.05) is 6.42 Å². The minimum atomic E-state index is -0.650. The van der Waals surface area contributed by atoms with Crippen molar-refractivity contribution in [1.82, 2.24) is 0 Å². The van der Waals surface area contributed by atoms with E-state index in [9.17, 15) is 5.11 Å². The van der Waals surface area contributed by atoms with Crippen LogP contribution in [0.1, 0.15) is 30.9 Å². The second-order valence-corrected chi connectivity index (χ2v) is 4.32. The molecule has 1 aromatic carbocycles. The molecule has 0 amide bonds. The summed E-state index contributed by atoms with van der Waals surface area (Å²) in [6, 6.07) is 8.16. The molecule has 14 heavy (non-hydrogen) atoms. The van der Waals surface area contributed by atoms with Crippen LogP contribution in [0.3, 0.4) is 0 Å². The maximum atomic E-state index is 10.5. The number of hydrogen-bond donors (Lipinski definition) is 1. The Labute approximate surface area is 85.1 Å². The van der Waals surface area contributed by atoms with Crippen LogP contribution in [-0.2, 0) is 12.0 Å². The third-order valence-corrected chi connectivity index (χ3v) is 2.92. The lowest BCUT2D eigenvalue weighted by molar-refractivity contribution is 0.0391. The summed E-state index contributed by atoms with van der Waals surface area (Å²) in [7, 11) is 0. The average Bonchev–Trinajstić information content (AvgIpc) is 2.44. The zero-order chi connectivity index (χ0) is 10.2. The zero-order valence-electron chi connectivity index (χ0n) is 8.59. The van der Waals surface area contributed by atoms with E-state index in [-0.39, 0.29) is 0 Å². The fourth-order valence-electron chi connectivity index (χ4n) is 2.35. The molecule has 2 rings (SSSR count). The van der Waals surface area contributed by atoms with Gasteiger partial charge in [-0.15, -0.1) is 6.58 Å². The summed E-state index contributed by atoms with van der Waals surface area (Å²) in [5.41, 5.74) is 2.78. The highest BCUT2D eigenvalue weighted by molar-refractivity contribution is 5.37. The largest absolute Gasteiger partial charge is 0.385 e. The summed E-state index contributed by atoms with van der Waals surface area (Å²) < 4.78 is 0. The monoisotopic (exact) mass is 188 g/mol. The highest BCUT2D eigenvalue weighted by Gasteiger charge is 2.35. The summed E-state index contributed by atoms with van der Waals surface area (Å²) in [5.74, 6) is 0. The van der Waals surface area contributed by atoms with Crippen molar-refractivity contribution in [2.45, 2.75) is 31.8 Å². The molecule has 0 aromatic heterocycles. The molecule has 0 fully saturated rings. The number of aryl methyl sites for hydroxylation is 1. The van der Waals surface area contributed by atoms with Crippen molar-refractivity contribution in [2.24, 2.45) is 0 Å². The quantitative estimate of drug-likeness (QED) is 0.707. The van der Waals surface area contributed by atoms with Gasteiger partial charge in [0.2, 0.25) is 0 Å². The summed E-state index contributed by atoms with van der Waals surface area (Å²) in [6.07, 6.45) is 2.50. The molecule has 1 aliphatic carbocycles. The zero-order valence-corrected chi connectivity index (χ0v) is 8.59. The second kappa shape index (κ2) is 3.25. The maximum Gasteiger partial charge on any atom is 0.0939 e. The van der Waals surface area contributed by atoms with E-state index in [0.29, 0.717) is 6.42 Å². The van der Waals surface area contributed by atoms with Crippen molar-refractivity contribution >= 4 is 0 Å².